The van der Waals surface area contributed by atoms with Crippen LogP contribution in [0.15, 0.2) is 30.3 Å². The second kappa shape index (κ2) is 6.41. The molecular weight excluding hydrogens is 256 g/mol. The van der Waals surface area contributed by atoms with E-state index in [4.69, 9.17) is 4.74 Å². The molecular formula is C15H20N2O3. The van der Waals surface area contributed by atoms with Crippen LogP contribution in [0.25, 0.3) is 0 Å². The highest BCUT2D eigenvalue weighted by Gasteiger charge is 2.35. The van der Waals surface area contributed by atoms with Crippen LogP contribution >= 0.6 is 0 Å². The highest BCUT2D eigenvalue weighted by Crippen LogP contribution is 2.20. The third kappa shape index (κ3) is 3.29. The number of carbonyl (C=O) groups is 2. The first-order chi connectivity index (χ1) is 9.59. The summed E-state index contributed by atoms with van der Waals surface area (Å²) in [6, 6.07) is 9.14. The Balaban J connectivity index is 1.93. The second-order valence-corrected chi connectivity index (χ2v) is 5.12. The first-order valence-electron chi connectivity index (χ1n) is 6.78. The average Bonchev–Trinajstić information content (AvgIpc) is 2.94. The lowest BCUT2D eigenvalue weighted by Gasteiger charge is -2.25. The maximum absolute atomic E-state index is 12.1. The fraction of sp³-hybridized carbons (Fsp3) is 0.467. The van der Waals surface area contributed by atoms with E-state index in [9.17, 15) is 9.59 Å². The lowest BCUT2D eigenvalue weighted by molar-refractivity contribution is -0.133. The fourth-order valence-corrected chi connectivity index (χ4v) is 2.34. The van der Waals surface area contributed by atoms with Gasteiger partial charge in [-0.15, -0.1) is 0 Å². The molecule has 0 N–H and O–H groups in total. The summed E-state index contributed by atoms with van der Waals surface area (Å²) in [4.78, 5) is 27.2. The van der Waals surface area contributed by atoms with Gasteiger partial charge in [0.15, 0.2) is 0 Å². The molecule has 0 bridgehead atoms. The van der Waals surface area contributed by atoms with E-state index in [0.717, 1.165) is 12.0 Å². The first kappa shape index (κ1) is 14.4. The largest absolute Gasteiger partial charge is 0.445 e. The normalized spacial score (nSPS) is 17.9. The standard InChI is InChI=1S/C15H20N2O3/c1-16(2)14(18)13-9-6-10-17(13)15(19)20-11-12-7-4-3-5-8-12/h3-5,7-8,13H,6,9-11H2,1-2H3/t13-/m0/s1. The number of hydrogen-bond donors (Lipinski definition) is 0. The molecule has 1 aliphatic heterocycles. The van der Waals surface area contributed by atoms with Gasteiger partial charge >= 0.3 is 6.09 Å². The van der Waals surface area contributed by atoms with Crippen molar-refractivity contribution in [2.45, 2.75) is 25.5 Å². The van der Waals surface area contributed by atoms with Gasteiger partial charge in [0, 0.05) is 20.6 Å². The van der Waals surface area contributed by atoms with Gasteiger partial charge < -0.3 is 9.64 Å². The summed E-state index contributed by atoms with van der Waals surface area (Å²) in [5.41, 5.74) is 0.940. The van der Waals surface area contributed by atoms with E-state index in [1.54, 1.807) is 14.1 Å². The van der Waals surface area contributed by atoms with Crippen LogP contribution < -0.4 is 0 Å². The van der Waals surface area contributed by atoms with E-state index < -0.39 is 6.09 Å². The van der Waals surface area contributed by atoms with E-state index >= 15 is 0 Å². The van der Waals surface area contributed by atoms with Crippen LogP contribution in [0.5, 0.6) is 0 Å². The molecule has 1 aromatic carbocycles. The maximum Gasteiger partial charge on any atom is 0.410 e. The van der Waals surface area contributed by atoms with Crippen LogP contribution in [0.4, 0.5) is 4.79 Å². The summed E-state index contributed by atoms with van der Waals surface area (Å²) in [5, 5.41) is 0. The topological polar surface area (TPSA) is 49.9 Å². The van der Waals surface area contributed by atoms with E-state index in [-0.39, 0.29) is 18.6 Å². The number of amides is 2. The minimum atomic E-state index is -0.411. The molecule has 108 valence electrons. The molecule has 0 spiro atoms. The lowest BCUT2D eigenvalue weighted by Crippen LogP contribution is -2.45. The SMILES string of the molecule is CN(C)C(=O)[C@@H]1CCCN1C(=O)OCc1ccccc1. The number of nitrogens with zero attached hydrogens (tertiary/aromatic N) is 2. The summed E-state index contributed by atoms with van der Waals surface area (Å²) in [7, 11) is 3.41. The maximum atomic E-state index is 12.1. The van der Waals surface area contributed by atoms with E-state index in [1.165, 1.54) is 9.80 Å². The Morgan fingerprint density at radius 1 is 1.30 bits per heavy atom. The summed E-state index contributed by atoms with van der Waals surface area (Å²) in [5.74, 6) is -0.0424. The minimum absolute atomic E-state index is 0.0424. The number of hydrogen-bond acceptors (Lipinski definition) is 3. The van der Waals surface area contributed by atoms with Crippen molar-refractivity contribution in [1.29, 1.82) is 0 Å². The second-order valence-electron chi connectivity index (χ2n) is 5.12. The summed E-state index contributed by atoms with van der Waals surface area (Å²) in [6.07, 6.45) is 1.13. The van der Waals surface area contributed by atoms with E-state index in [2.05, 4.69) is 0 Å². The van der Waals surface area contributed by atoms with Gasteiger partial charge in [-0.1, -0.05) is 30.3 Å². The summed E-state index contributed by atoms with van der Waals surface area (Å²) < 4.78 is 5.29. The summed E-state index contributed by atoms with van der Waals surface area (Å²) in [6.45, 7) is 0.816. The smallest absolute Gasteiger partial charge is 0.410 e. The van der Waals surface area contributed by atoms with Gasteiger partial charge in [-0.3, -0.25) is 9.69 Å². The Bertz CT molecular complexity index is 473. The van der Waals surface area contributed by atoms with Gasteiger partial charge in [0.25, 0.3) is 0 Å². The average molecular weight is 276 g/mol. The van der Waals surface area contributed by atoms with Crippen LogP contribution in [0, 0.1) is 0 Å². The van der Waals surface area contributed by atoms with Gasteiger partial charge in [-0.05, 0) is 18.4 Å². The molecule has 0 saturated carbocycles. The molecule has 1 heterocycles. The Morgan fingerprint density at radius 2 is 2.00 bits per heavy atom. The van der Waals surface area contributed by atoms with Crippen molar-refractivity contribution >= 4 is 12.0 Å². The van der Waals surface area contributed by atoms with Gasteiger partial charge in [-0.2, -0.15) is 0 Å². The van der Waals surface area contributed by atoms with Crippen molar-refractivity contribution < 1.29 is 14.3 Å². The van der Waals surface area contributed by atoms with Crippen LogP contribution in [0.3, 0.4) is 0 Å². The molecule has 1 fully saturated rings. The molecule has 1 saturated heterocycles. The molecule has 0 aliphatic carbocycles. The molecule has 5 heteroatoms. The third-order valence-electron chi connectivity index (χ3n) is 3.42. The molecule has 5 nitrogen and oxygen atoms in total. The first-order valence-corrected chi connectivity index (χ1v) is 6.78. The van der Waals surface area contributed by atoms with Gasteiger partial charge in [0.2, 0.25) is 5.91 Å². The molecule has 1 aliphatic rings. The van der Waals surface area contributed by atoms with Crippen molar-refractivity contribution in [3.05, 3.63) is 35.9 Å². The number of rotatable bonds is 3. The Morgan fingerprint density at radius 3 is 2.65 bits per heavy atom. The molecule has 0 aromatic heterocycles. The highest BCUT2D eigenvalue weighted by molar-refractivity contribution is 5.85. The van der Waals surface area contributed by atoms with Crippen molar-refractivity contribution in [3.63, 3.8) is 0 Å². The minimum Gasteiger partial charge on any atom is -0.445 e. The number of carbonyl (C=O) groups excluding carboxylic acids is 2. The fourth-order valence-electron chi connectivity index (χ4n) is 2.34. The van der Waals surface area contributed by atoms with Crippen LogP contribution in [0.2, 0.25) is 0 Å². The van der Waals surface area contributed by atoms with Crippen LogP contribution in [-0.2, 0) is 16.1 Å². The van der Waals surface area contributed by atoms with Crippen LogP contribution in [-0.4, -0.2) is 48.5 Å². The predicted octanol–water partition coefficient (Wildman–Crippen LogP) is 1.88. The molecule has 0 radical (unpaired) electrons. The van der Waals surface area contributed by atoms with Gasteiger partial charge in [-0.25, -0.2) is 4.79 Å². The molecule has 1 atom stereocenters. The van der Waals surface area contributed by atoms with Crippen molar-refractivity contribution in [1.82, 2.24) is 9.80 Å². The van der Waals surface area contributed by atoms with E-state index in [0.29, 0.717) is 13.0 Å². The number of ether oxygens (including phenoxy) is 1. The zero-order chi connectivity index (χ0) is 14.5. The van der Waals surface area contributed by atoms with Crippen LogP contribution in [0.1, 0.15) is 18.4 Å². The predicted molar refractivity (Wildman–Crippen MR) is 75.0 cm³/mol. The molecule has 1 aromatic rings. The molecule has 20 heavy (non-hydrogen) atoms. The van der Waals surface area contributed by atoms with Crippen molar-refractivity contribution in [2.24, 2.45) is 0 Å². The quantitative estimate of drug-likeness (QED) is 0.847. The number of likely N-dealkylation sites (N-methyl/N-ethyl adjacent to an activating group) is 1. The number of likely N-dealkylation sites (tertiary alicyclic amines) is 1. The summed E-state index contributed by atoms with van der Waals surface area (Å²) >= 11 is 0. The molecule has 2 amide bonds. The molecule has 0 unspecified atom stereocenters. The number of benzene rings is 1. The van der Waals surface area contributed by atoms with Gasteiger partial charge in [0.05, 0.1) is 0 Å². The zero-order valence-corrected chi connectivity index (χ0v) is 11.9. The van der Waals surface area contributed by atoms with Gasteiger partial charge in [0.1, 0.15) is 12.6 Å². The van der Waals surface area contributed by atoms with Crippen molar-refractivity contribution in [2.75, 3.05) is 20.6 Å². The van der Waals surface area contributed by atoms with Crippen molar-refractivity contribution in [3.8, 4) is 0 Å². The zero-order valence-electron chi connectivity index (χ0n) is 11.9. The Hall–Kier alpha value is -2.04. The highest BCUT2D eigenvalue weighted by atomic mass is 16.6. The third-order valence-corrected chi connectivity index (χ3v) is 3.42. The lowest BCUT2D eigenvalue weighted by atomic mass is 10.2. The van der Waals surface area contributed by atoms with E-state index in [1.807, 2.05) is 30.3 Å². The monoisotopic (exact) mass is 276 g/mol. The Labute approximate surface area is 119 Å². The molecule has 2 rings (SSSR count). The Kier molecular flexibility index (Phi) is 4.61.